The maximum absolute atomic E-state index is 13.3. The molecule has 0 atom stereocenters. The van der Waals surface area contributed by atoms with Crippen molar-refractivity contribution in [3.8, 4) is 0 Å². The van der Waals surface area contributed by atoms with Gasteiger partial charge in [0.25, 0.3) is 0 Å². The number of ether oxygens (including phenoxy) is 1. The Bertz CT molecular complexity index is 856. The van der Waals surface area contributed by atoms with Crippen molar-refractivity contribution in [3.63, 3.8) is 0 Å². The molecule has 4 nitrogen and oxygen atoms in total. The molecule has 0 fully saturated rings. The number of amides is 1. The number of aromatic nitrogens is 1. The Kier molecular flexibility index (Phi) is 4.91. The zero-order valence-electron chi connectivity index (χ0n) is 13.0. The van der Waals surface area contributed by atoms with Crippen molar-refractivity contribution >= 4 is 23.1 Å². The van der Waals surface area contributed by atoms with Gasteiger partial charge in [-0.25, -0.2) is 9.18 Å². The third-order valence-electron chi connectivity index (χ3n) is 3.55. The minimum atomic E-state index is -0.478. The first-order chi connectivity index (χ1) is 11.7. The van der Waals surface area contributed by atoms with Crippen LogP contribution in [0.3, 0.4) is 0 Å². The summed E-state index contributed by atoms with van der Waals surface area (Å²) in [6.45, 7) is 0.563. The molecule has 0 saturated heterocycles. The third kappa shape index (κ3) is 4.01. The second-order valence-electron chi connectivity index (χ2n) is 5.28. The Morgan fingerprint density at radius 3 is 2.88 bits per heavy atom. The van der Waals surface area contributed by atoms with Gasteiger partial charge >= 0.3 is 6.09 Å². The monoisotopic (exact) mass is 324 g/mol. The van der Waals surface area contributed by atoms with Crippen molar-refractivity contribution in [2.24, 2.45) is 0 Å². The number of hydrogen-bond donors (Lipinski definition) is 2. The Labute approximate surface area is 139 Å². The lowest BCUT2D eigenvalue weighted by Gasteiger charge is -2.05. The predicted molar refractivity (Wildman–Crippen MR) is 91.9 cm³/mol. The van der Waals surface area contributed by atoms with Crippen molar-refractivity contribution < 1.29 is 13.9 Å². The number of hydrogen-bond acceptors (Lipinski definition) is 2. The van der Waals surface area contributed by atoms with Crippen LogP contribution in [0, 0.1) is 5.82 Å². The van der Waals surface area contributed by atoms with Crippen LogP contribution < -0.4 is 5.32 Å². The molecule has 24 heavy (non-hydrogen) atoms. The van der Waals surface area contributed by atoms with Gasteiger partial charge in [0.2, 0.25) is 0 Å². The van der Waals surface area contributed by atoms with E-state index in [0.29, 0.717) is 6.54 Å². The van der Waals surface area contributed by atoms with Crippen LogP contribution in [0.15, 0.2) is 60.8 Å². The normalized spacial score (nSPS) is 11.0. The summed E-state index contributed by atoms with van der Waals surface area (Å²) in [7, 11) is 0. The first-order valence-corrected chi connectivity index (χ1v) is 7.60. The average molecular weight is 324 g/mol. The third-order valence-corrected chi connectivity index (χ3v) is 3.55. The van der Waals surface area contributed by atoms with Gasteiger partial charge in [-0.15, -0.1) is 0 Å². The molecule has 3 rings (SSSR count). The molecule has 0 saturated carbocycles. The lowest BCUT2D eigenvalue weighted by molar-refractivity contribution is 0.141. The van der Waals surface area contributed by atoms with Crippen LogP contribution in [-0.2, 0) is 11.3 Å². The molecule has 0 bridgehead atoms. The first kappa shape index (κ1) is 15.8. The van der Waals surface area contributed by atoms with Gasteiger partial charge in [-0.05, 0) is 29.3 Å². The Balaban J connectivity index is 1.49. The van der Waals surface area contributed by atoms with E-state index in [4.69, 9.17) is 4.74 Å². The van der Waals surface area contributed by atoms with E-state index in [1.54, 1.807) is 18.3 Å². The fourth-order valence-electron chi connectivity index (χ4n) is 2.35. The lowest BCUT2D eigenvalue weighted by atomic mass is 10.1. The molecule has 0 aliphatic rings. The number of aromatic amines is 1. The van der Waals surface area contributed by atoms with Gasteiger partial charge < -0.3 is 15.0 Å². The number of rotatable bonds is 5. The van der Waals surface area contributed by atoms with Gasteiger partial charge in [-0.3, -0.25) is 0 Å². The van der Waals surface area contributed by atoms with Crippen molar-refractivity contribution in [2.75, 3.05) is 6.54 Å². The fraction of sp³-hybridized carbons (Fsp3) is 0.105. The maximum atomic E-state index is 13.3. The fourth-order valence-corrected chi connectivity index (χ4v) is 2.35. The minimum Gasteiger partial charge on any atom is -0.445 e. The molecule has 1 heterocycles. The smallest absolute Gasteiger partial charge is 0.407 e. The molecule has 1 amide bonds. The van der Waals surface area contributed by atoms with Crippen molar-refractivity contribution in [1.82, 2.24) is 10.3 Å². The Morgan fingerprint density at radius 2 is 2.04 bits per heavy atom. The summed E-state index contributed by atoms with van der Waals surface area (Å²) in [4.78, 5) is 14.7. The second kappa shape index (κ2) is 7.46. The molecule has 0 aliphatic carbocycles. The number of benzene rings is 2. The number of carbonyl (C=O) groups is 1. The van der Waals surface area contributed by atoms with Crippen LogP contribution in [-0.4, -0.2) is 17.6 Å². The molecular formula is C19H17FN2O2. The topological polar surface area (TPSA) is 54.1 Å². The summed E-state index contributed by atoms with van der Waals surface area (Å²) in [5.41, 5.74) is 2.67. The van der Waals surface area contributed by atoms with E-state index in [-0.39, 0.29) is 12.4 Å². The predicted octanol–water partition coefficient (Wildman–Crippen LogP) is 4.25. The van der Waals surface area contributed by atoms with Crippen LogP contribution in [0.2, 0.25) is 0 Å². The zero-order valence-corrected chi connectivity index (χ0v) is 13.0. The molecule has 0 aliphatic heterocycles. The van der Waals surface area contributed by atoms with Crippen LogP contribution in [0.4, 0.5) is 9.18 Å². The molecule has 2 aromatic carbocycles. The Morgan fingerprint density at radius 1 is 1.21 bits per heavy atom. The molecule has 5 heteroatoms. The number of fused-ring (bicyclic) bond motifs is 1. The highest BCUT2D eigenvalue weighted by atomic mass is 19.1. The molecular weight excluding hydrogens is 307 g/mol. The molecule has 122 valence electrons. The van der Waals surface area contributed by atoms with E-state index in [1.165, 1.54) is 12.1 Å². The van der Waals surface area contributed by atoms with Gasteiger partial charge in [0, 0.05) is 23.6 Å². The summed E-state index contributed by atoms with van der Waals surface area (Å²) >= 11 is 0. The number of H-pyrrole nitrogens is 1. The summed E-state index contributed by atoms with van der Waals surface area (Å²) in [5.74, 6) is -0.278. The van der Waals surface area contributed by atoms with Crippen molar-refractivity contribution in [1.29, 1.82) is 0 Å². The highest BCUT2D eigenvalue weighted by Crippen LogP contribution is 2.20. The van der Waals surface area contributed by atoms with Gasteiger partial charge in [0.05, 0.1) is 0 Å². The minimum absolute atomic E-state index is 0.234. The Hall–Kier alpha value is -3.08. The summed E-state index contributed by atoms with van der Waals surface area (Å²) < 4.78 is 18.4. The van der Waals surface area contributed by atoms with Crippen LogP contribution in [0.1, 0.15) is 11.1 Å². The standard InChI is InChI=1S/C19H17FN2O2/c20-16-8-9-18-17(11-16)15(12-22-18)7-4-10-21-19(23)24-13-14-5-2-1-3-6-14/h1-9,11-12,22H,10,13H2,(H,21,23). The van der Waals surface area contributed by atoms with Gasteiger partial charge in [-0.1, -0.05) is 42.5 Å². The molecule has 0 unspecified atom stereocenters. The van der Waals surface area contributed by atoms with Gasteiger partial charge in [0.1, 0.15) is 12.4 Å². The van der Waals surface area contributed by atoms with Crippen molar-refractivity contribution in [3.05, 3.63) is 77.7 Å². The van der Waals surface area contributed by atoms with Gasteiger partial charge in [0.15, 0.2) is 0 Å². The van der Waals surface area contributed by atoms with E-state index in [1.807, 2.05) is 36.4 Å². The summed E-state index contributed by atoms with van der Waals surface area (Å²) in [6, 6.07) is 14.1. The first-order valence-electron chi connectivity index (χ1n) is 7.60. The largest absolute Gasteiger partial charge is 0.445 e. The maximum Gasteiger partial charge on any atom is 0.407 e. The zero-order chi connectivity index (χ0) is 16.8. The summed E-state index contributed by atoms with van der Waals surface area (Å²) in [6.07, 6.45) is 4.94. The van der Waals surface area contributed by atoms with E-state index >= 15 is 0 Å². The molecule has 0 radical (unpaired) electrons. The lowest BCUT2D eigenvalue weighted by Crippen LogP contribution is -2.24. The number of alkyl carbamates (subject to hydrolysis) is 1. The van der Waals surface area contributed by atoms with Crippen LogP contribution >= 0.6 is 0 Å². The van der Waals surface area contributed by atoms with Crippen molar-refractivity contribution in [2.45, 2.75) is 6.61 Å². The van der Waals surface area contributed by atoms with Crippen LogP contribution in [0.5, 0.6) is 0 Å². The van der Waals surface area contributed by atoms with E-state index in [2.05, 4.69) is 10.3 Å². The SMILES string of the molecule is O=C(NCC=Cc1c[nH]c2ccc(F)cc12)OCc1ccccc1. The highest BCUT2D eigenvalue weighted by Gasteiger charge is 2.03. The van der Waals surface area contributed by atoms with E-state index in [0.717, 1.165) is 22.0 Å². The molecule has 1 aromatic heterocycles. The van der Waals surface area contributed by atoms with Crippen LogP contribution in [0.25, 0.3) is 17.0 Å². The average Bonchev–Trinajstić information content (AvgIpc) is 3.00. The van der Waals surface area contributed by atoms with Gasteiger partial charge in [-0.2, -0.15) is 0 Å². The van der Waals surface area contributed by atoms with E-state index < -0.39 is 6.09 Å². The highest BCUT2D eigenvalue weighted by molar-refractivity contribution is 5.88. The second-order valence-corrected chi connectivity index (χ2v) is 5.28. The number of carbonyl (C=O) groups excluding carboxylic acids is 1. The molecule has 2 N–H and O–H groups in total. The molecule has 0 spiro atoms. The number of nitrogens with one attached hydrogen (secondary N) is 2. The summed E-state index contributed by atoms with van der Waals surface area (Å²) in [5, 5.41) is 3.45. The van der Waals surface area contributed by atoms with E-state index in [9.17, 15) is 9.18 Å². The number of halogens is 1. The molecule has 3 aromatic rings. The quantitative estimate of drug-likeness (QED) is 0.737.